The highest BCUT2D eigenvalue weighted by Gasteiger charge is 2.37. The Morgan fingerprint density at radius 2 is 2.07 bits per heavy atom. The molecule has 0 saturated carbocycles. The van der Waals surface area contributed by atoms with Gasteiger partial charge in [0.05, 0.1) is 13.9 Å². The van der Waals surface area contributed by atoms with Gasteiger partial charge in [-0.2, -0.15) is 0 Å². The Morgan fingerprint density at radius 3 is 2.73 bits per heavy atom. The molecule has 0 spiro atoms. The highest BCUT2D eigenvalue weighted by molar-refractivity contribution is 6.20. The van der Waals surface area contributed by atoms with Gasteiger partial charge >= 0.3 is 5.97 Å². The summed E-state index contributed by atoms with van der Waals surface area (Å²) in [6.45, 7) is 1.06. The lowest BCUT2D eigenvalue weighted by Crippen LogP contribution is -2.31. The zero-order valence-corrected chi connectivity index (χ0v) is 7.73. The minimum Gasteiger partial charge on any atom is -0.330 e. The van der Waals surface area contributed by atoms with Gasteiger partial charge in [0.25, 0.3) is 11.8 Å². The van der Waals surface area contributed by atoms with Gasteiger partial charge in [-0.1, -0.05) is 17.2 Å². The van der Waals surface area contributed by atoms with Crippen LogP contribution in [0.5, 0.6) is 0 Å². The third kappa shape index (κ3) is 1.38. The predicted molar refractivity (Wildman–Crippen MR) is 48.7 cm³/mol. The van der Waals surface area contributed by atoms with E-state index in [0.717, 1.165) is 6.92 Å². The molecule has 5 nitrogen and oxygen atoms in total. The van der Waals surface area contributed by atoms with Crippen LogP contribution in [-0.2, 0) is 9.63 Å². The lowest BCUT2D eigenvalue weighted by molar-refractivity contribution is -0.165. The molecule has 0 bridgehead atoms. The summed E-state index contributed by atoms with van der Waals surface area (Å²) in [5.74, 6) is -2.50. The van der Waals surface area contributed by atoms with Gasteiger partial charge in [0.2, 0.25) is 0 Å². The van der Waals surface area contributed by atoms with Crippen LogP contribution in [0.15, 0.2) is 24.2 Å². The first-order valence-electron chi connectivity index (χ1n) is 5.11. The quantitative estimate of drug-likeness (QED) is 0.640. The SMILES string of the molecule is [3H]c1ccc2c(c1[3H])C(=O)N(OC(C)=O)C2=O. The minimum atomic E-state index is -0.890. The first-order chi connectivity index (χ1) is 7.93. The molecule has 76 valence electrons. The van der Waals surface area contributed by atoms with E-state index in [1.165, 1.54) is 12.1 Å². The summed E-state index contributed by atoms with van der Waals surface area (Å²) in [5.41, 5.74) is -0.235. The maximum Gasteiger partial charge on any atom is 0.330 e. The third-order valence-corrected chi connectivity index (χ3v) is 1.83. The Morgan fingerprint density at radius 1 is 1.40 bits per heavy atom. The largest absolute Gasteiger partial charge is 0.330 e. The molecule has 1 aromatic rings. The van der Waals surface area contributed by atoms with Crippen molar-refractivity contribution in [1.29, 1.82) is 0 Å². The number of nitrogens with zero attached hydrogens (tertiary/aromatic N) is 1. The number of amides is 2. The number of carbonyl (C=O) groups is 3. The highest BCUT2D eigenvalue weighted by Crippen LogP contribution is 2.22. The number of fused-ring (bicyclic) bond motifs is 1. The molecule has 0 fully saturated rings. The molecule has 0 N–H and O–H groups in total. The van der Waals surface area contributed by atoms with E-state index in [1.807, 2.05) is 0 Å². The normalized spacial score (nSPS) is 15.9. The second-order valence-electron chi connectivity index (χ2n) is 2.88. The predicted octanol–water partition coefficient (Wildman–Crippen LogP) is 0.761. The van der Waals surface area contributed by atoms with E-state index < -0.39 is 17.8 Å². The van der Waals surface area contributed by atoms with Crippen LogP contribution in [0.1, 0.15) is 30.4 Å². The average molecular weight is 209 g/mol. The van der Waals surface area contributed by atoms with E-state index in [9.17, 15) is 14.4 Å². The van der Waals surface area contributed by atoms with Crippen molar-refractivity contribution < 1.29 is 22.0 Å². The van der Waals surface area contributed by atoms with Crippen molar-refractivity contribution in [3.8, 4) is 0 Å². The van der Waals surface area contributed by atoms with E-state index in [1.54, 1.807) is 0 Å². The van der Waals surface area contributed by atoms with Gasteiger partial charge in [0.15, 0.2) is 0 Å². The van der Waals surface area contributed by atoms with Crippen LogP contribution in [0.25, 0.3) is 0 Å². The van der Waals surface area contributed by atoms with Crippen molar-refractivity contribution >= 4 is 17.8 Å². The summed E-state index contributed by atoms with van der Waals surface area (Å²) in [6.07, 6.45) is 0. The van der Waals surface area contributed by atoms with Crippen molar-refractivity contribution in [1.82, 2.24) is 5.06 Å². The van der Waals surface area contributed by atoms with Crippen molar-refractivity contribution in [3.63, 3.8) is 0 Å². The number of hydroxylamine groups is 2. The smallest absolute Gasteiger partial charge is 0.330 e. The molecule has 0 saturated heterocycles. The molecule has 2 rings (SSSR count). The molecule has 1 heterocycles. The molecule has 0 radical (unpaired) electrons. The Labute approximate surface area is 88.0 Å². The molecule has 2 amide bonds. The van der Waals surface area contributed by atoms with E-state index in [4.69, 9.17) is 2.74 Å². The monoisotopic (exact) mass is 209 g/mol. The Bertz CT molecular complexity index is 555. The van der Waals surface area contributed by atoms with Gasteiger partial charge in [-0.3, -0.25) is 9.59 Å². The van der Waals surface area contributed by atoms with Gasteiger partial charge < -0.3 is 4.84 Å². The van der Waals surface area contributed by atoms with Crippen molar-refractivity contribution in [3.05, 3.63) is 35.3 Å². The molecule has 1 aliphatic heterocycles. The van der Waals surface area contributed by atoms with Crippen molar-refractivity contribution in [2.75, 3.05) is 0 Å². The maximum absolute atomic E-state index is 11.7. The number of rotatable bonds is 1. The fourth-order valence-corrected chi connectivity index (χ4v) is 1.25. The van der Waals surface area contributed by atoms with E-state index in [2.05, 4.69) is 4.84 Å². The maximum atomic E-state index is 11.7. The molecule has 1 aliphatic rings. The molecular weight excluding hydrogens is 198 g/mol. The Balaban J connectivity index is 2.53. The second-order valence-corrected chi connectivity index (χ2v) is 2.88. The van der Waals surface area contributed by atoms with Crippen LogP contribution in [-0.4, -0.2) is 22.8 Å². The fraction of sp³-hybridized carbons (Fsp3) is 0.100. The molecule has 15 heavy (non-hydrogen) atoms. The van der Waals surface area contributed by atoms with Gasteiger partial charge in [-0.25, -0.2) is 4.79 Å². The number of imide groups is 1. The Hall–Kier alpha value is -2.17. The fourth-order valence-electron chi connectivity index (χ4n) is 1.25. The minimum absolute atomic E-state index is 0.0303. The number of hydrogen-bond acceptors (Lipinski definition) is 4. The first kappa shape index (κ1) is 7.17. The third-order valence-electron chi connectivity index (χ3n) is 1.83. The summed E-state index contributed by atoms with van der Waals surface area (Å²) in [5, 5.41) is 0.310. The topological polar surface area (TPSA) is 63.7 Å². The van der Waals surface area contributed by atoms with Gasteiger partial charge in [-0.15, -0.1) is 0 Å². The molecule has 0 aromatic heterocycles. The van der Waals surface area contributed by atoms with Gasteiger partial charge in [0.1, 0.15) is 0 Å². The molecular formula is C10H7NO4. The molecule has 0 unspecified atom stereocenters. The lowest BCUT2D eigenvalue weighted by Gasteiger charge is -2.10. The van der Waals surface area contributed by atoms with Crippen LogP contribution in [0.2, 0.25) is 0 Å². The summed E-state index contributed by atoms with van der Waals surface area (Å²) < 4.78 is 14.9. The molecule has 5 heteroatoms. The van der Waals surface area contributed by atoms with Gasteiger partial charge in [-0.05, 0) is 12.1 Å². The molecule has 1 aromatic carbocycles. The first-order valence-corrected chi connectivity index (χ1v) is 4.11. The lowest BCUT2D eigenvalue weighted by atomic mass is 10.1. The standard InChI is InChI=1S/C10H7NO4/c1-6(12)15-11-9(13)7-4-2-3-5-8(7)10(11)14/h2-5H,1H3/i2T,4T. The second kappa shape index (κ2) is 3.20. The summed E-state index contributed by atoms with van der Waals surface area (Å²) in [7, 11) is 0. The van der Waals surface area contributed by atoms with Crippen LogP contribution >= 0.6 is 0 Å². The molecule has 0 aliphatic carbocycles. The number of benzene rings is 1. The highest BCUT2D eigenvalue weighted by atomic mass is 16.7. The summed E-state index contributed by atoms with van der Waals surface area (Å²) in [4.78, 5) is 38.6. The summed E-state index contributed by atoms with van der Waals surface area (Å²) in [6, 6.07) is 1.98. The van der Waals surface area contributed by atoms with Crippen LogP contribution in [0.4, 0.5) is 0 Å². The van der Waals surface area contributed by atoms with E-state index >= 15 is 0 Å². The van der Waals surface area contributed by atoms with Crippen molar-refractivity contribution in [2.24, 2.45) is 0 Å². The van der Waals surface area contributed by atoms with E-state index in [-0.39, 0.29) is 23.2 Å². The number of hydrogen-bond donors (Lipinski definition) is 0. The van der Waals surface area contributed by atoms with Gasteiger partial charge in [0, 0.05) is 6.92 Å². The zero-order valence-electron chi connectivity index (χ0n) is 9.73. The van der Waals surface area contributed by atoms with Crippen LogP contribution in [0.3, 0.4) is 0 Å². The Kier molecular flexibility index (Phi) is 1.53. The summed E-state index contributed by atoms with van der Waals surface area (Å²) >= 11 is 0. The number of carbonyl (C=O) groups excluding carboxylic acids is 3. The molecule has 0 atom stereocenters. The van der Waals surface area contributed by atoms with E-state index in [0.29, 0.717) is 5.06 Å². The van der Waals surface area contributed by atoms with Crippen LogP contribution < -0.4 is 0 Å². The van der Waals surface area contributed by atoms with Crippen LogP contribution in [0, 0.1) is 0 Å². The average Bonchev–Trinajstić information content (AvgIpc) is 2.48. The zero-order chi connectivity index (χ0) is 12.7. The van der Waals surface area contributed by atoms with Crippen molar-refractivity contribution in [2.45, 2.75) is 6.92 Å².